The summed E-state index contributed by atoms with van der Waals surface area (Å²) in [7, 11) is 0. The molecule has 1 saturated heterocycles. The van der Waals surface area contributed by atoms with Crippen molar-refractivity contribution in [2.75, 3.05) is 19.6 Å². The molecule has 14 nitrogen and oxygen atoms in total. The number of fused-ring (bicyclic) bond motifs is 2. The van der Waals surface area contributed by atoms with Crippen molar-refractivity contribution in [3.8, 4) is 0 Å². The van der Waals surface area contributed by atoms with E-state index in [0.717, 1.165) is 38.4 Å². The quantitative estimate of drug-likeness (QED) is 0.0512. The molecule has 1 aliphatic heterocycles. The number of hydrogen-bond donors (Lipinski definition) is 8. The number of nitrogens with one attached hydrogen (secondary N) is 6. The molecule has 1 aromatic heterocycles. The molecular formula is C47H58N8O6. The van der Waals surface area contributed by atoms with E-state index in [4.69, 9.17) is 16.2 Å². The van der Waals surface area contributed by atoms with Gasteiger partial charge in [-0.05, 0) is 92.2 Å². The Morgan fingerprint density at radius 1 is 0.721 bits per heavy atom. The molecule has 2 heterocycles. The standard InChI is InChI=1S/C47H58N8O6/c1-30(61-29-31-11-3-2-4-12-31)42(47(60)52-39(43(49)56)17-9-10-22-48)55-46(59)41(27-36-28-51-38-16-8-7-15-37(36)38)54-45(58)40(53-44(57)34-20-23-50-24-21-34)26-32-18-19-33-13-5-6-14-35(33)25-32/h2-8,11-16,18-19,25,28,30,34,39-42,50-51H,9-10,17,20-24,26-27,29,48H2,1H3,(H2,49,56)(H,52,60)(H,53,57)(H,54,58)(H,55,59)/t30?,39-,40+,41+,42-/m0/s1. The van der Waals surface area contributed by atoms with Gasteiger partial charge in [0.25, 0.3) is 0 Å². The SMILES string of the molecule is CC(OCc1ccccc1)[C@H](NC(=O)[C@@H](Cc1c[nH]c2ccccc12)NC(=O)[C@@H](Cc1ccc2ccccc2c1)NC(=O)C1CCNCC1)C(=O)N[C@@H](CCCCN)C(N)=O. The average molecular weight is 831 g/mol. The zero-order valence-corrected chi connectivity index (χ0v) is 34.7. The van der Waals surface area contributed by atoms with Crippen molar-refractivity contribution in [3.05, 3.63) is 120 Å². The van der Waals surface area contributed by atoms with Gasteiger partial charge in [-0.3, -0.25) is 24.0 Å². The topological polar surface area (TPSA) is 223 Å². The van der Waals surface area contributed by atoms with Gasteiger partial charge in [-0.2, -0.15) is 0 Å². The third-order valence-electron chi connectivity index (χ3n) is 11.3. The molecule has 5 atom stereocenters. The third-order valence-corrected chi connectivity index (χ3v) is 11.3. The number of aromatic nitrogens is 1. The molecule has 1 fully saturated rings. The van der Waals surface area contributed by atoms with Crippen LogP contribution in [0.25, 0.3) is 21.7 Å². The molecule has 0 aliphatic carbocycles. The number of nitrogens with two attached hydrogens (primary N) is 2. The first-order valence-electron chi connectivity index (χ1n) is 21.2. The first-order chi connectivity index (χ1) is 29.6. The van der Waals surface area contributed by atoms with Crippen LogP contribution < -0.4 is 38.1 Å². The summed E-state index contributed by atoms with van der Waals surface area (Å²) in [4.78, 5) is 72.8. The number of rotatable bonds is 21. The van der Waals surface area contributed by atoms with Crippen molar-refractivity contribution < 1.29 is 28.7 Å². The Balaban J connectivity index is 1.29. The predicted molar refractivity (Wildman–Crippen MR) is 236 cm³/mol. The van der Waals surface area contributed by atoms with Gasteiger partial charge in [0.15, 0.2) is 0 Å². The minimum absolute atomic E-state index is 0.0448. The van der Waals surface area contributed by atoms with Gasteiger partial charge < -0.3 is 47.8 Å². The highest BCUT2D eigenvalue weighted by molar-refractivity contribution is 5.96. The normalized spacial score (nSPS) is 15.6. The second-order valence-electron chi connectivity index (χ2n) is 15.8. The number of benzene rings is 4. The molecule has 6 rings (SSSR count). The first-order valence-corrected chi connectivity index (χ1v) is 21.2. The number of piperidine rings is 1. The maximum Gasteiger partial charge on any atom is 0.245 e. The van der Waals surface area contributed by atoms with E-state index in [1.165, 1.54) is 0 Å². The third kappa shape index (κ3) is 12.5. The first kappa shape index (κ1) is 44.5. The van der Waals surface area contributed by atoms with Gasteiger partial charge in [-0.15, -0.1) is 0 Å². The summed E-state index contributed by atoms with van der Waals surface area (Å²) in [5.74, 6) is -3.11. The van der Waals surface area contributed by atoms with Gasteiger partial charge in [0.1, 0.15) is 24.2 Å². The highest BCUT2D eigenvalue weighted by Crippen LogP contribution is 2.21. The van der Waals surface area contributed by atoms with Crippen LogP contribution in [0.1, 0.15) is 55.7 Å². The molecule has 0 radical (unpaired) electrons. The summed E-state index contributed by atoms with van der Waals surface area (Å²) in [5, 5.41) is 17.8. The van der Waals surface area contributed by atoms with Crippen molar-refractivity contribution in [2.45, 2.75) is 88.7 Å². The molecule has 5 amide bonds. The molecule has 0 bridgehead atoms. The molecular weight excluding hydrogens is 773 g/mol. The van der Waals surface area contributed by atoms with E-state index in [-0.39, 0.29) is 37.7 Å². The van der Waals surface area contributed by atoms with Gasteiger partial charge in [0.05, 0.1) is 12.7 Å². The van der Waals surface area contributed by atoms with Crippen molar-refractivity contribution in [2.24, 2.45) is 17.4 Å². The lowest BCUT2D eigenvalue weighted by atomic mass is 9.95. The Hall–Kier alpha value is -6.09. The fourth-order valence-corrected chi connectivity index (χ4v) is 7.77. The van der Waals surface area contributed by atoms with Crippen LogP contribution in [0, 0.1) is 5.92 Å². The minimum Gasteiger partial charge on any atom is -0.371 e. The molecule has 322 valence electrons. The smallest absolute Gasteiger partial charge is 0.245 e. The van der Waals surface area contributed by atoms with Crippen LogP contribution in [0.5, 0.6) is 0 Å². The van der Waals surface area contributed by atoms with E-state index in [9.17, 15) is 24.0 Å². The van der Waals surface area contributed by atoms with Crippen LogP contribution in [0.2, 0.25) is 0 Å². The lowest BCUT2D eigenvalue weighted by molar-refractivity contribution is -0.137. The lowest BCUT2D eigenvalue weighted by Crippen LogP contribution is -2.61. The van der Waals surface area contributed by atoms with Crippen molar-refractivity contribution in [1.82, 2.24) is 31.6 Å². The maximum atomic E-state index is 14.7. The Labute approximate surface area is 356 Å². The van der Waals surface area contributed by atoms with Crippen LogP contribution in [0.3, 0.4) is 0 Å². The molecule has 1 aliphatic rings. The largest absolute Gasteiger partial charge is 0.371 e. The Kier molecular flexibility index (Phi) is 16.0. The molecule has 0 spiro atoms. The molecule has 5 aromatic rings. The summed E-state index contributed by atoms with van der Waals surface area (Å²) >= 11 is 0. The van der Waals surface area contributed by atoms with E-state index in [1.807, 2.05) is 97.1 Å². The predicted octanol–water partition coefficient (Wildman–Crippen LogP) is 3.26. The number of aromatic amines is 1. The molecule has 61 heavy (non-hydrogen) atoms. The number of carbonyl (C=O) groups is 5. The fraction of sp³-hybridized carbons (Fsp3) is 0.383. The molecule has 1 unspecified atom stereocenters. The molecule has 10 N–H and O–H groups in total. The Morgan fingerprint density at radius 2 is 1.39 bits per heavy atom. The van der Waals surface area contributed by atoms with Crippen LogP contribution in [0.4, 0.5) is 0 Å². The zero-order chi connectivity index (χ0) is 43.1. The van der Waals surface area contributed by atoms with Crippen LogP contribution in [-0.4, -0.2) is 84.4 Å². The summed E-state index contributed by atoms with van der Waals surface area (Å²) in [5.41, 5.74) is 14.7. The van der Waals surface area contributed by atoms with Crippen molar-refractivity contribution in [3.63, 3.8) is 0 Å². The number of primary amides is 1. The van der Waals surface area contributed by atoms with E-state index >= 15 is 0 Å². The van der Waals surface area contributed by atoms with Gasteiger partial charge in [-0.25, -0.2) is 0 Å². The van der Waals surface area contributed by atoms with Crippen LogP contribution in [-0.2, 0) is 48.2 Å². The summed E-state index contributed by atoms with van der Waals surface area (Å²) < 4.78 is 6.16. The fourth-order valence-electron chi connectivity index (χ4n) is 7.77. The second-order valence-corrected chi connectivity index (χ2v) is 15.8. The van der Waals surface area contributed by atoms with Crippen molar-refractivity contribution >= 4 is 51.2 Å². The number of H-pyrrole nitrogens is 1. The van der Waals surface area contributed by atoms with Gasteiger partial charge in [0.2, 0.25) is 29.5 Å². The molecule has 4 aromatic carbocycles. The number of unbranched alkanes of at least 4 members (excludes halogenated alkanes) is 1. The van der Waals surface area contributed by atoms with E-state index in [2.05, 4.69) is 31.6 Å². The summed E-state index contributed by atoms with van der Waals surface area (Å²) in [6.45, 7) is 3.60. The number of amides is 5. The summed E-state index contributed by atoms with van der Waals surface area (Å²) in [6.07, 6.45) is 3.83. The number of carbonyl (C=O) groups excluding carboxylic acids is 5. The van der Waals surface area contributed by atoms with E-state index in [0.29, 0.717) is 45.3 Å². The second kappa shape index (κ2) is 22.0. The van der Waals surface area contributed by atoms with Gasteiger partial charge >= 0.3 is 0 Å². The Morgan fingerprint density at radius 3 is 2.15 bits per heavy atom. The monoisotopic (exact) mass is 830 g/mol. The molecule has 0 saturated carbocycles. The highest BCUT2D eigenvalue weighted by atomic mass is 16.5. The van der Waals surface area contributed by atoms with Gasteiger partial charge in [0, 0.05) is 35.9 Å². The minimum atomic E-state index is -1.30. The van der Waals surface area contributed by atoms with E-state index in [1.54, 1.807) is 13.1 Å². The Bertz CT molecular complexity index is 2260. The van der Waals surface area contributed by atoms with Crippen molar-refractivity contribution in [1.29, 1.82) is 0 Å². The average Bonchev–Trinajstić information content (AvgIpc) is 3.69. The lowest BCUT2D eigenvalue weighted by Gasteiger charge is -2.29. The number of ether oxygens (including phenoxy) is 1. The maximum absolute atomic E-state index is 14.7. The van der Waals surface area contributed by atoms with Crippen LogP contribution >= 0.6 is 0 Å². The van der Waals surface area contributed by atoms with Crippen LogP contribution in [0.15, 0.2) is 103 Å². The molecule has 14 heteroatoms. The number of para-hydroxylation sites is 1. The summed E-state index contributed by atoms with van der Waals surface area (Å²) in [6, 6.07) is 26.3. The zero-order valence-electron chi connectivity index (χ0n) is 34.7. The van der Waals surface area contributed by atoms with E-state index < -0.39 is 53.9 Å². The number of hydrogen-bond acceptors (Lipinski definition) is 8. The van der Waals surface area contributed by atoms with Gasteiger partial charge in [-0.1, -0.05) is 91.0 Å². The highest BCUT2D eigenvalue weighted by Gasteiger charge is 2.35.